The molecule has 2 N–H and O–H groups in total. The molecule has 2 heterocycles. The van der Waals surface area contributed by atoms with Crippen molar-refractivity contribution >= 4 is 109 Å². The first-order valence-electron chi connectivity index (χ1n) is 14.8. The second kappa shape index (κ2) is 28.9. The van der Waals surface area contributed by atoms with Gasteiger partial charge in [-0.1, -0.05) is 110 Å². The summed E-state index contributed by atoms with van der Waals surface area (Å²) in [6.45, 7) is 6.44. The van der Waals surface area contributed by atoms with Gasteiger partial charge in [0.2, 0.25) is 0 Å². The van der Waals surface area contributed by atoms with Gasteiger partial charge in [-0.2, -0.15) is 0 Å². The summed E-state index contributed by atoms with van der Waals surface area (Å²) in [5.41, 5.74) is 0. The van der Waals surface area contributed by atoms with Crippen molar-refractivity contribution in [3.05, 3.63) is 109 Å². The molecule has 0 atom stereocenters. The van der Waals surface area contributed by atoms with Crippen LogP contribution >= 0.6 is 109 Å². The maximum absolute atomic E-state index is 8.79. The first-order valence-corrected chi connectivity index (χ1v) is 19.3. The molecule has 0 bridgehead atoms. The van der Waals surface area contributed by atoms with Gasteiger partial charge < -0.3 is 19.9 Å². The summed E-state index contributed by atoms with van der Waals surface area (Å²) in [7, 11) is 0. The second-order valence-electron chi connectivity index (χ2n) is 9.54. The molecule has 0 unspecified atom stereocenters. The number of alkyl halides is 3. The fraction of sp³-hybridized carbons (Fsp3) is 0.353. The van der Waals surface area contributed by atoms with Gasteiger partial charge in [-0.05, 0) is 61.9 Å². The molecule has 2 aliphatic heterocycles. The summed E-state index contributed by atoms with van der Waals surface area (Å²) in [5.74, 6) is 2.75. The highest BCUT2D eigenvalue weighted by molar-refractivity contribution is 9.09. The van der Waals surface area contributed by atoms with Gasteiger partial charge in [-0.3, -0.25) is 4.90 Å². The maximum atomic E-state index is 8.79. The number of nitrogens with zero attached hydrogens (tertiary/aromatic N) is 1. The largest absolute Gasteiger partial charge is 0.508 e. The smallest absolute Gasteiger partial charge is 0.120 e. The number of aromatic hydroxyl groups is 1. The van der Waals surface area contributed by atoms with E-state index in [9.17, 15) is 0 Å². The van der Waals surface area contributed by atoms with Crippen LogP contribution in [0.3, 0.4) is 0 Å². The summed E-state index contributed by atoms with van der Waals surface area (Å²) < 4.78 is 10.9. The first kappa shape index (κ1) is 45.3. The molecule has 0 aliphatic carbocycles. The van der Waals surface area contributed by atoms with Crippen molar-refractivity contribution in [2.45, 2.75) is 12.8 Å². The third-order valence-electron chi connectivity index (χ3n) is 5.84. The molecule has 14 heteroatoms. The van der Waals surface area contributed by atoms with Crippen LogP contribution in [0.5, 0.6) is 17.2 Å². The number of nitrogens with one attached hydrogen (secondary N) is 1. The van der Waals surface area contributed by atoms with Gasteiger partial charge in [0.25, 0.3) is 0 Å². The fourth-order valence-corrected chi connectivity index (χ4v) is 4.48. The quantitative estimate of drug-likeness (QED) is 0.174. The SMILES string of the molecule is C1=CCNCC1.ClCCBr.ClCCOc1ccc(Cl)c(Cl)c1.Clc1ccc(OCCN2CC=CCC2)cc1Cl.Oc1ccc(Cl)c(Cl)c1. The minimum absolute atomic E-state index is 0.129. The summed E-state index contributed by atoms with van der Waals surface area (Å²) >= 11 is 47.9. The lowest BCUT2D eigenvalue weighted by molar-refractivity contribution is 0.221. The van der Waals surface area contributed by atoms with Gasteiger partial charge in [-0.15, -0.1) is 23.2 Å². The minimum atomic E-state index is 0.129. The molecular weight excluding hydrogens is 848 g/mol. The zero-order valence-corrected chi connectivity index (χ0v) is 33.7. The van der Waals surface area contributed by atoms with Crippen molar-refractivity contribution in [3.8, 4) is 17.2 Å². The van der Waals surface area contributed by atoms with Crippen molar-refractivity contribution in [3.63, 3.8) is 0 Å². The average molecular weight is 887 g/mol. The van der Waals surface area contributed by atoms with Crippen molar-refractivity contribution in [2.75, 3.05) is 63.0 Å². The van der Waals surface area contributed by atoms with Gasteiger partial charge in [0.05, 0.1) is 36.0 Å². The predicted molar refractivity (Wildman–Crippen MR) is 214 cm³/mol. The van der Waals surface area contributed by atoms with E-state index in [2.05, 4.69) is 50.5 Å². The van der Waals surface area contributed by atoms with Gasteiger partial charge >= 0.3 is 0 Å². The molecule has 2 aliphatic rings. The molecule has 0 radical (unpaired) electrons. The Kier molecular flexibility index (Phi) is 27.3. The van der Waals surface area contributed by atoms with E-state index in [1.54, 1.807) is 36.4 Å². The lowest BCUT2D eigenvalue weighted by Crippen LogP contribution is -2.31. The van der Waals surface area contributed by atoms with Crippen LogP contribution in [0.15, 0.2) is 78.9 Å². The first-order chi connectivity index (χ1) is 23.1. The van der Waals surface area contributed by atoms with Crippen LogP contribution in [0.2, 0.25) is 30.1 Å². The van der Waals surface area contributed by atoms with Crippen LogP contribution in [0.4, 0.5) is 0 Å². The number of hydrogen-bond acceptors (Lipinski definition) is 5. The zero-order valence-electron chi connectivity index (χ0n) is 26.1. The standard InChI is InChI=1S/C13H15Cl2NO.C8H7Cl3O.C6H4Cl2O.C5H9N.C2H4BrCl/c14-12-5-4-11(10-13(12)15)17-9-8-16-6-2-1-3-7-16;9-3-4-12-6-1-2-7(10)8(11)5-6;7-5-2-1-4(9)3-6(5)8;1-2-4-6-5-3-1;3-1-2-4/h1-2,4-5,10H,3,6-9H2;1-2,5H,3-4H2;1-3,9H;1-2,6H,3-5H2;1-2H2. The Morgan fingerprint density at radius 2 is 1.21 bits per heavy atom. The van der Waals surface area contributed by atoms with Crippen LogP contribution in [-0.4, -0.2) is 73.0 Å². The fourth-order valence-electron chi connectivity index (χ4n) is 3.53. The topological polar surface area (TPSA) is 54.0 Å². The van der Waals surface area contributed by atoms with Crippen molar-refractivity contribution in [1.29, 1.82) is 0 Å². The van der Waals surface area contributed by atoms with E-state index in [0.29, 0.717) is 60.9 Å². The van der Waals surface area contributed by atoms with E-state index < -0.39 is 0 Å². The van der Waals surface area contributed by atoms with Crippen LogP contribution in [-0.2, 0) is 0 Å². The summed E-state index contributed by atoms with van der Waals surface area (Å²) in [5, 5.41) is 15.8. The molecule has 3 aromatic rings. The van der Waals surface area contributed by atoms with E-state index in [1.807, 2.05) is 6.07 Å². The van der Waals surface area contributed by atoms with Crippen LogP contribution in [0.25, 0.3) is 0 Å². The Bertz CT molecular complexity index is 1360. The zero-order chi connectivity index (χ0) is 35.6. The number of phenols is 1. The monoisotopic (exact) mass is 882 g/mol. The Labute approximate surface area is 333 Å². The highest BCUT2D eigenvalue weighted by Crippen LogP contribution is 2.27. The Morgan fingerprint density at radius 3 is 1.58 bits per heavy atom. The molecule has 0 saturated heterocycles. The predicted octanol–water partition coefficient (Wildman–Crippen LogP) is 12.1. The van der Waals surface area contributed by atoms with Gasteiger partial charge in [0, 0.05) is 49.5 Å². The average Bonchev–Trinajstić information content (AvgIpc) is 3.11. The molecule has 5 nitrogen and oxygen atoms in total. The van der Waals surface area contributed by atoms with E-state index in [4.69, 9.17) is 107 Å². The number of ether oxygens (including phenoxy) is 2. The third kappa shape index (κ3) is 22.2. The molecule has 0 amide bonds. The molecular formula is C34H39BrCl8N2O3. The number of rotatable bonds is 8. The van der Waals surface area contributed by atoms with Crippen LogP contribution in [0, 0.1) is 0 Å². The molecule has 48 heavy (non-hydrogen) atoms. The summed E-state index contributed by atoms with van der Waals surface area (Å²) in [6.07, 6.45) is 11.1. The normalized spacial score (nSPS) is 13.3. The van der Waals surface area contributed by atoms with Gasteiger partial charge in [0.15, 0.2) is 0 Å². The lowest BCUT2D eigenvalue weighted by atomic mass is 10.2. The number of benzene rings is 3. The lowest BCUT2D eigenvalue weighted by Gasteiger charge is -2.22. The Morgan fingerprint density at radius 1 is 0.667 bits per heavy atom. The third-order valence-corrected chi connectivity index (χ3v) is 9.25. The van der Waals surface area contributed by atoms with Gasteiger partial charge in [0.1, 0.15) is 30.5 Å². The minimum Gasteiger partial charge on any atom is -0.508 e. The second-order valence-corrected chi connectivity index (χ2v) is 13.5. The number of phenolic OH excluding ortho intramolecular Hbond substituents is 1. The Balaban J connectivity index is 0.000000325. The van der Waals surface area contributed by atoms with Crippen molar-refractivity contribution in [2.24, 2.45) is 0 Å². The van der Waals surface area contributed by atoms with E-state index in [-0.39, 0.29) is 5.75 Å². The van der Waals surface area contributed by atoms with Crippen molar-refractivity contribution < 1.29 is 14.6 Å². The van der Waals surface area contributed by atoms with Gasteiger partial charge in [-0.25, -0.2) is 0 Å². The molecule has 0 fully saturated rings. The maximum Gasteiger partial charge on any atom is 0.120 e. The van der Waals surface area contributed by atoms with E-state index in [1.165, 1.54) is 18.6 Å². The molecule has 0 aromatic heterocycles. The Hall–Kier alpha value is -0.740. The van der Waals surface area contributed by atoms with E-state index in [0.717, 1.165) is 50.2 Å². The van der Waals surface area contributed by atoms with E-state index >= 15 is 0 Å². The highest BCUT2D eigenvalue weighted by Gasteiger charge is 2.06. The molecule has 0 saturated carbocycles. The molecule has 266 valence electrons. The van der Waals surface area contributed by atoms with Crippen molar-refractivity contribution in [1.82, 2.24) is 10.2 Å². The summed E-state index contributed by atoms with van der Waals surface area (Å²) in [4.78, 5) is 2.36. The number of hydrogen-bond donors (Lipinski definition) is 2. The highest BCUT2D eigenvalue weighted by atomic mass is 79.9. The van der Waals surface area contributed by atoms with Crippen LogP contribution < -0.4 is 14.8 Å². The molecule has 5 rings (SSSR count). The number of halogens is 9. The molecule has 3 aromatic carbocycles. The molecule has 0 spiro atoms. The van der Waals surface area contributed by atoms with Crippen LogP contribution in [0.1, 0.15) is 12.8 Å². The summed E-state index contributed by atoms with van der Waals surface area (Å²) in [6, 6.07) is 14.9.